The molecule has 2 saturated heterocycles. The molecular formula is C30H50N6O4S2+2. The van der Waals surface area contributed by atoms with E-state index in [2.05, 4.69) is 37.5 Å². The van der Waals surface area contributed by atoms with E-state index in [0.29, 0.717) is 24.6 Å². The van der Waals surface area contributed by atoms with E-state index in [1.165, 1.54) is 20.1 Å². The molecule has 5 rings (SSSR count). The number of quaternary nitrogens is 2. The number of aliphatic hydroxyl groups is 2. The Hall–Kier alpha value is -1.70. The highest BCUT2D eigenvalue weighted by Gasteiger charge is 2.34. The van der Waals surface area contributed by atoms with Gasteiger partial charge in [-0.05, 0) is 52.0 Å². The Labute approximate surface area is 259 Å². The molecule has 4 heterocycles. The summed E-state index contributed by atoms with van der Waals surface area (Å²) >= 11 is 3.76. The highest BCUT2D eigenvalue weighted by molar-refractivity contribution is 8.15. The molecule has 0 bridgehead atoms. The van der Waals surface area contributed by atoms with Crippen LogP contribution in [-0.2, 0) is 0 Å². The van der Waals surface area contributed by atoms with E-state index in [4.69, 9.17) is 19.5 Å². The summed E-state index contributed by atoms with van der Waals surface area (Å²) in [6, 6.07) is 7.43. The molecular weight excluding hydrogens is 573 g/mol. The minimum Gasteiger partial charge on any atom is -0.491 e. The Morgan fingerprint density at radius 3 is 1.38 bits per heavy atom. The van der Waals surface area contributed by atoms with Crippen molar-refractivity contribution in [2.45, 2.75) is 49.4 Å². The molecule has 10 nitrogen and oxygen atoms in total. The molecule has 0 saturated carbocycles. The highest BCUT2D eigenvalue weighted by Crippen LogP contribution is 2.34. The number of nitrogens with one attached hydrogen (secondary N) is 2. The first-order valence-corrected chi connectivity index (χ1v) is 17.0. The zero-order valence-electron chi connectivity index (χ0n) is 25.7. The number of ether oxygens (including phenoxy) is 2. The van der Waals surface area contributed by atoms with Crippen molar-refractivity contribution in [1.82, 2.24) is 9.80 Å². The van der Waals surface area contributed by atoms with Gasteiger partial charge in [0, 0.05) is 9.49 Å². The van der Waals surface area contributed by atoms with Crippen LogP contribution in [0.15, 0.2) is 34.3 Å². The van der Waals surface area contributed by atoms with Crippen molar-refractivity contribution >= 4 is 33.9 Å². The minimum atomic E-state index is -0.518. The Bertz CT molecular complexity index is 1000. The van der Waals surface area contributed by atoms with Crippen molar-refractivity contribution in [3.8, 4) is 11.5 Å². The topological polar surface area (TPSA) is 99.0 Å². The van der Waals surface area contributed by atoms with Crippen molar-refractivity contribution in [3.05, 3.63) is 24.3 Å². The first-order chi connectivity index (χ1) is 20.0. The number of rotatable bonds is 10. The third-order valence-electron chi connectivity index (χ3n) is 8.16. The van der Waals surface area contributed by atoms with Crippen LogP contribution in [0, 0.1) is 0 Å². The molecule has 0 aliphatic carbocycles. The number of thioether (sulfide) groups is 2. The fourth-order valence-electron chi connectivity index (χ4n) is 5.71. The van der Waals surface area contributed by atoms with Gasteiger partial charge in [-0.3, -0.25) is 9.98 Å². The second-order valence-corrected chi connectivity index (χ2v) is 16.6. The molecule has 4 aliphatic heterocycles. The lowest BCUT2D eigenvalue weighted by atomic mass is 10.2. The van der Waals surface area contributed by atoms with Gasteiger partial charge < -0.3 is 39.3 Å². The molecule has 0 unspecified atom stereocenters. The Morgan fingerprint density at radius 1 is 0.714 bits per heavy atom. The maximum absolute atomic E-state index is 10.6. The van der Waals surface area contributed by atoms with Crippen LogP contribution in [0.3, 0.4) is 0 Å². The average Bonchev–Trinajstić information content (AvgIpc) is 3.52. The van der Waals surface area contributed by atoms with Gasteiger partial charge in [-0.15, -0.1) is 0 Å². The van der Waals surface area contributed by atoms with Crippen LogP contribution in [0.5, 0.6) is 11.5 Å². The van der Waals surface area contributed by atoms with E-state index in [9.17, 15) is 10.2 Å². The number of aliphatic hydroxyl groups excluding tert-OH is 2. The largest absolute Gasteiger partial charge is 0.491 e. The summed E-state index contributed by atoms with van der Waals surface area (Å²) in [6.07, 6.45) is -1.04. The lowest BCUT2D eigenvalue weighted by Crippen LogP contribution is -3.15. The average molecular weight is 623 g/mol. The van der Waals surface area contributed by atoms with Crippen LogP contribution in [0.25, 0.3) is 0 Å². The minimum absolute atomic E-state index is 0.207. The summed E-state index contributed by atoms with van der Waals surface area (Å²) in [5.74, 6) is 1.41. The second-order valence-electron chi connectivity index (χ2n) is 13.2. The molecule has 4 N–H and O–H groups in total. The van der Waals surface area contributed by atoms with Gasteiger partial charge in [0.05, 0.1) is 65.4 Å². The zero-order valence-corrected chi connectivity index (χ0v) is 27.3. The second kappa shape index (κ2) is 13.9. The number of hydrogen-bond donors (Lipinski definition) is 4. The van der Waals surface area contributed by atoms with Crippen LogP contribution >= 0.6 is 23.5 Å². The molecule has 1 aromatic carbocycles. The van der Waals surface area contributed by atoms with Gasteiger partial charge in [0.25, 0.3) is 0 Å². The Balaban J connectivity index is 0.938. The summed E-state index contributed by atoms with van der Waals surface area (Å²) < 4.78 is 12.1. The molecule has 2 atom stereocenters. The molecule has 0 radical (unpaired) electrons. The van der Waals surface area contributed by atoms with E-state index in [1.807, 2.05) is 47.8 Å². The zero-order chi connectivity index (χ0) is 29.7. The highest BCUT2D eigenvalue weighted by atomic mass is 32.2. The number of aliphatic imine (C=N–C) groups is 2. The Morgan fingerprint density at radius 2 is 1.07 bits per heavy atom. The van der Waals surface area contributed by atoms with Gasteiger partial charge in [0.2, 0.25) is 0 Å². The van der Waals surface area contributed by atoms with Gasteiger partial charge in [0.1, 0.15) is 50.0 Å². The van der Waals surface area contributed by atoms with Gasteiger partial charge >= 0.3 is 0 Å². The summed E-state index contributed by atoms with van der Waals surface area (Å²) in [4.78, 5) is 17.0. The first-order valence-electron chi connectivity index (χ1n) is 15.4. The molecule has 4 aliphatic rings. The summed E-state index contributed by atoms with van der Waals surface area (Å²) in [5.41, 5.74) is 0. The van der Waals surface area contributed by atoms with Gasteiger partial charge in [-0.1, -0.05) is 23.5 Å². The molecule has 1 aromatic rings. The van der Waals surface area contributed by atoms with Crippen molar-refractivity contribution in [2.24, 2.45) is 9.98 Å². The van der Waals surface area contributed by atoms with E-state index < -0.39 is 12.2 Å². The number of hydrogen-bond acceptors (Lipinski definition) is 10. The number of piperazine rings is 2. The fraction of sp³-hybridized carbons (Fsp3) is 0.733. The predicted octanol–water partition coefficient (Wildman–Crippen LogP) is -0.670. The van der Waals surface area contributed by atoms with E-state index in [-0.39, 0.29) is 22.7 Å². The van der Waals surface area contributed by atoms with Crippen LogP contribution in [0.4, 0.5) is 0 Å². The maximum atomic E-state index is 10.6. The monoisotopic (exact) mass is 622 g/mol. The van der Waals surface area contributed by atoms with E-state index >= 15 is 0 Å². The summed E-state index contributed by atoms with van der Waals surface area (Å²) in [5, 5.41) is 23.5. The lowest BCUT2D eigenvalue weighted by Gasteiger charge is -2.34. The van der Waals surface area contributed by atoms with Crippen LogP contribution in [0.2, 0.25) is 0 Å². The number of amidine groups is 2. The summed E-state index contributed by atoms with van der Waals surface area (Å²) in [6.45, 7) is 20.6. The van der Waals surface area contributed by atoms with E-state index in [0.717, 1.165) is 65.4 Å². The van der Waals surface area contributed by atoms with Crippen molar-refractivity contribution in [3.63, 3.8) is 0 Å². The normalized spacial score (nSPS) is 24.3. The van der Waals surface area contributed by atoms with E-state index in [1.54, 1.807) is 0 Å². The third kappa shape index (κ3) is 9.15. The molecule has 234 valence electrons. The third-order valence-corrected chi connectivity index (χ3v) is 10.7. The predicted molar refractivity (Wildman–Crippen MR) is 172 cm³/mol. The fourth-order valence-corrected chi connectivity index (χ4v) is 7.83. The van der Waals surface area contributed by atoms with Gasteiger partial charge in [-0.2, -0.15) is 0 Å². The Kier molecular flexibility index (Phi) is 10.5. The summed E-state index contributed by atoms with van der Waals surface area (Å²) in [7, 11) is 0. The van der Waals surface area contributed by atoms with Crippen LogP contribution in [-0.4, -0.2) is 144 Å². The smallest absolute Gasteiger partial charge is 0.160 e. The first kappa shape index (κ1) is 31.7. The quantitative estimate of drug-likeness (QED) is 0.273. The van der Waals surface area contributed by atoms with Gasteiger partial charge in [0.15, 0.2) is 10.3 Å². The molecule has 0 amide bonds. The van der Waals surface area contributed by atoms with Crippen molar-refractivity contribution in [2.75, 3.05) is 91.8 Å². The van der Waals surface area contributed by atoms with Crippen molar-refractivity contribution in [1.29, 1.82) is 0 Å². The SMILES string of the molecule is CC1(C)CN=C(N2CC[NH+](C[C@H](O)COc3ccc(OC[C@H](O)C[NH+]4CCN(C5=NCC(C)(C)S5)CC4)cc3)CC2)S1. The lowest BCUT2D eigenvalue weighted by molar-refractivity contribution is -0.907. The molecule has 42 heavy (non-hydrogen) atoms. The standard InChI is InChI=1S/C30H48N6O4S2/c1-29(2)21-31-27(41-29)35-13-9-33(10-14-35)17-23(37)19-39-25-5-7-26(8-6-25)40-20-24(38)18-34-11-15-36(16-12-34)28-32-22-30(3,4)42-28/h5-8,23-24,37-38H,9-22H2,1-4H3/p+2/t23-,24+. The molecule has 12 heteroatoms. The number of nitrogens with zero attached hydrogens (tertiary/aromatic N) is 4. The van der Waals surface area contributed by atoms with Crippen LogP contribution in [0.1, 0.15) is 27.7 Å². The number of benzene rings is 1. The van der Waals surface area contributed by atoms with Crippen LogP contribution < -0.4 is 19.3 Å². The molecule has 0 spiro atoms. The molecule has 0 aromatic heterocycles. The molecule has 2 fully saturated rings. The van der Waals surface area contributed by atoms with Crippen molar-refractivity contribution < 1.29 is 29.5 Å². The maximum Gasteiger partial charge on any atom is 0.160 e. The van der Waals surface area contributed by atoms with Gasteiger partial charge in [-0.25, -0.2) is 0 Å².